The van der Waals surface area contributed by atoms with E-state index in [1.807, 2.05) is 28.5 Å². The normalized spacial score (nSPS) is 15.3. The van der Waals surface area contributed by atoms with Crippen molar-refractivity contribution in [1.29, 1.82) is 0 Å². The van der Waals surface area contributed by atoms with E-state index < -0.39 is 0 Å². The minimum atomic E-state index is 0.180. The van der Waals surface area contributed by atoms with E-state index >= 15 is 0 Å². The Bertz CT molecular complexity index is 678. The maximum absolute atomic E-state index is 12.6. The summed E-state index contributed by atoms with van der Waals surface area (Å²) in [7, 11) is 0. The Morgan fingerprint density at radius 2 is 2.00 bits per heavy atom. The first kappa shape index (κ1) is 19.1. The van der Waals surface area contributed by atoms with Crippen LogP contribution < -0.4 is 0 Å². The number of benzene rings is 1. The van der Waals surface area contributed by atoms with Crippen molar-refractivity contribution in [2.24, 2.45) is 0 Å². The van der Waals surface area contributed by atoms with Gasteiger partial charge < -0.3 is 9.64 Å². The van der Waals surface area contributed by atoms with E-state index in [1.54, 1.807) is 11.3 Å². The molecule has 0 aliphatic carbocycles. The molecule has 0 spiro atoms. The number of aromatic nitrogens is 1. The highest BCUT2D eigenvalue weighted by molar-refractivity contribution is 7.13. The Balaban J connectivity index is 1.44. The first-order chi connectivity index (χ1) is 12.8. The second-order valence-electron chi connectivity index (χ2n) is 6.84. The number of hydrogen-bond donors (Lipinski definition) is 0. The van der Waals surface area contributed by atoms with Gasteiger partial charge in [0.05, 0.1) is 18.2 Å². The molecule has 1 aromatic heterocycles. The lowest BCUT2D eigenvalue weighted by molar-refractivity contribution is -0.133. The molecule has 1 aliphatic heterocycles. The molecule has 0 N–H and O–H groups in total. The summed E-state index contributed by atoms with van der Waals surface area (Å²) in [5.74, 6) is 0.180. The molecular weight excluding hydrogens is 344 g/mol. The maximum atomic E-state index is 12.6. The molecule has 1 aromatic carbocycles. The largest absolute Gasteiger partial charge is 0.378 e. The van der Waals surface area contributed by atoms with Crippen molar-refractivity contribution in [1.82, 2.24) is 9.88 Å². The predicted molar refractivity (Wildman–Crippen MR) is 106 cm³/mol. The van der Waals surface area contributed by atoms with E-state index in [9.17, 15) is 4.79 Å². The van der Waals surface area contributed by atoms with Gasteiger partial charge in [-0.25, -0.2) is 4.98 Å². The highest BCUT2D eigenvalue weighted by atomic mass is 32.1. The summed E-state index contributed by atoms with van der Waals surface area (Å²) in [5.41, 5.74) is 1.98. The molecular formula is C21H28N2O2S. The highest BCUT2D eigenvalue weighted by Crippen LogP contribution is 2.24. The predicted octanol–water partition coefficient (Wildman–Crippen LogP) is 4.55. The molecule has 1 amide bonds. The summed E-state index contributed by atoms with van der Waals surface area (Å²) in [5, 5.41) is 2.98. The van der Waals surface area contributed by atoms with Crippen LogP contribution >= 0.6 is 11.3 Å². The number of thiazole rings is 1. The lowest BCUT2D eigenvalue weighted by Gasteiger charge is -2.32. The van der Waals surface area contributed by atoms with Gasteiger partial charge in [-0.2, -0.15) is 0 Å². The van der Waals surface area contributed by atoms with Crippen LogP contribution in [0.2, 0.25) is 0 Å². The van der Waals surface area contributed by atoms with Crippen LogP contribution in [0.4, 0.5) is 0 Å². The molecule has 4 nitrogen and oxygen atoms in total. The van der Waals surface area contributed by atoms with E-state index in [-0.39, 0.29) is 5.91 Å². The fourth-order valence-electron chi connectivity index (χ4n) is 3.24. The third-order valence-corrected chi connectivity index (χ3v) is 5.74. The van der Waals surface area contributed by atoms with E-state index in [1.165, 1.54) is 12.8 Å². The van der Waals surface area contributed by atoms with E-state index in [0.717, 1.165) is 55.2 Å². The second kappa shape index (κ2) is 9.83. The van der Waals surface area contributed by atoms with Gasteiger partial charge in [0.1, 0.15) is 5.01 Å². The van der Waals surface area contributed by atoms with Gasteiger partial charge in [-0.15, -0.1) is 11.3 Å². The number of hydrogen-bond acceptors (Lipinski definition) is 4. The Kier molecular flexibility index (Phi) is 7.21. The average Bonchev–Trinajstić information content (AvgIpc) is 3.15. The lowest BCUT2D eigenvalue weighted by atomic mass is 10.1. The number of carbonyl (C=O) groups excluding carboxylic acids is 1. The van der Waals surface area contributed by atoms with E-state index in [4.69, 9.17) is 4.74 Å². The third kappa shape index (κ3) is 5.39. The first-order valence-corrected chi connectivity index (χ1v) is 10.5. The van der Waals surface area contributed by atoms with E-state index in [2.05, 4.69) is 24.0 Å². The number of amides is 1. The zero-order valence-corrected chi connectivity index (χ0v) is 16.3. The third-order valence-electron chi connectivity index (χ3n) is 4.80. The average molecular weight is 373 g/mol. The molecule has 0 bridgehead atoms. The van der Waals surface area contributed by atoms with Crippen molar-refractivity contribution in [3.05, 3.63) is 41.4 Å². The number of unbranched alkanes of at least 4 members (excludes halogenated alkanes) is 2. The molecule has 3 rings (SSSR count). The minimum absolute atomic E-state index is 0.180. The van der Waals surface area contributed by atoms with Gasteiger partial charge in [-0.05, 0) is 19.3 Å². The van der Waals surface area contributed by atoms with Gasteiger partial charge in [0.2, 0.25) is 5.91 Å². The van der Waals surface area contributed by atoms with Crippen LogP contribution in [-0.4, -0.2) is 41.6 Å². The summed E-state index contributed by atoms with van der Waals surface area (Å²) in [4.78, 5) is 19.2. The number of nitrogens with zero attached hydrogens (tertiary/aromatic N) is 2. The summed E-state index contributed by atoms with van der Waals surface area (Å²) in [6, 6.07) is 10.1. The van der Waals surface area contributed by atoms with Gasteiger partial charge in [0.15, 0.2) is 0 Å². The topological polar surface area (TPSA) is 42.4 Å². The molecule has 0 atom stereocenters. The van der Waals surface area contributed by atoms with Gasteiger partial charge in [-0.3, -0.25) is 4.79 Å². The molecule has 0 saturated carbocycles. The molecule has 140 valence electrons. The van der Waals surface area contributed by atoms with Crippen LogP contribution in [0, 0.1) is 0 Å². The molecule has 1 aliphatic rings. The summed E-state index contributed by atoms with van der Waals surface area (Å²) < 4.78 is 5.94. The van der Waals surface area contributed by atoms with Crippen LogP contribution in [0.1, 0.15) is 44.7 Å². The quantitative estimate of drug-likeness (QED) is 0.639. The minimum Gasteiger partial charge on any atom is -0.378 e. The number of piperidine rings is 1. The Morgan fingerprint density at radius 1 is 1.23 bits per heavy atom. The zero-order chi connectivity index (χ0) is 18.2. The van der Waals surface area contributed by atoms with Crippen LogP contribution in [0.3, 0.4) is 0 Å². The molecule has 2 heterocycles. The Hall–Kier alpha value is -1.72. The van der Waals surface area contributed by atoms with Crippen molar-refractivity contribution in [3.63, 3.8) is 0 Å². The fourth-order valence-corrected chi connectivity index (χ4v) is 4.07. The zero-order valence-electron chi connectivity index (χ0n) is 15.5. The number of likely N-dealkylation sites (tertiary alicyclic amines) is 1. The maximum Gasteiger partial charge on any atom is 0.228 e. The number of ether oxygens (including phenoxy) is 1. The number of rotatable bonds is 8. The van der Waals surface area contributed by atoms with Crippen LogP contribution in [-0.2, 0) is 16.0 Å². The van der Waals surface area contributed by atoms with Gasteiger partial charge in [0, 0.05) is 30.6 Å². The van der Waals surface area contributed by atoms with Crippen LogP contribution in [0.5, 0.6) is 0 Å². The van der Waals surface area contributed by atoms with Crippen LogP contribution in [0.15, 0.2) is 35.7 Å². The summed E-state index contributed by atoms with van der Waals surface area (Å²) in [6.07, 6.45) is 6.21. The first-order valence-electron chi connectivity index (χ1n) is 9.65. The van der Waals surface area contributed by atoms with E-state index in [0.29, 0.717) is 12.5 Å². The smallest absolute Gasteiger partial charge is 0.228 e. The monoisotopic (exact) mass is 372 g/mol. The molecule has 5 heteroatoms. The second-order valence-corrected chi connectivity index (χ2v) is 7.70. The molecule has 1 fully saturated rings. The lowest BCUT2D eigenvalue weighted by Crippen LogP contribution is -2.41. The number of carbonyl (C=O) groups is 1. The summed E-state index contributed by atoms with van der Waals surface area (Å²) >= 11 is 1.60. The fraction of sp³-hybridized carbons (Fsp3) is 0.524. The van der Waals surface area contributed by atoms with Crippen molar-refractivity contribution in [2.45, 2.75) is 51.6 Å². The van der Waals surface area contributed by atoms with Crippen molar-refractivity contribution in [3.8, 4) is 10.6 Å². The molecule has 0 unspecified atom stereocenters. The highest BCUT2D eigenvalue weighted by Gasteiger charge is 2.23. The van der Waals surface area contributed by atoms with Gasteiger partial charge >= 0.3 is 0 Å². The molecule has 2 aromatic rings. The molecule has 1 saturated heterocycles. The van der Waals surface area contributed by atoms with Crippen molar-refractivity contribution >= 4 is 17.2 Å². The van der Waals surface area contributed by atoms with Gasteiger partial charge in [-0.1, -0.05) is 50.1 Å². The Labute approximate surface area is 160 Å². The van der Waals surface area contributed by atoms with Crippen molar-refractivity contribution in [2.75, 3.05) is 19.7 Å². The SMILES string of the molecule is CCCCCOC1CCN(C(=O)Cc2csc(-c3ccccc3)n2)CC1. The standard InChI is InChI=1S/C21H28N2O2S/c1-2-3-7-14-25-19-10-12-23(13-11-19)20(24)15-18-16-26-21(22-18)17-8-5-4-6-9-17/h4-6,8-9,16,19H,2-3,7,10-15H2,1H3. The molecule has 0 radical (unpaired) electrons. The van der Waals surface area contributed by atoms with Crippen molar-refractivity contribution < 1.29 is 9.53 Å². The Morgan fingerprint density at radius 3 is 2.73 bits per heavy atom. The molecule has 26 heavy (non-hydrogen) atoms. The van der Waals surface area contributed by atoms with Gasteiger partial charge in [0.25, 0.3) is 0 Å². The van der Waals surface area contributed by atoms with Crippen LogP contribution in [0.25, 0.3) is 10.6 Å². The summed E-state index contributed by atoms with van der Waals surface area (Å²) in [6.45, 7) is 4.66.